The highest BCUT2D eigenvalue weighted by Gasteiger charge is 2.20. The molecule has 1 aromatic carbocycles. The number of aryl methyl sites for hydroxylation is 1. The van der Waals surface area contributed by atoms with Crippen LogP contribution in [-0.4, -0.2) is 43.1 Å². The highest BCUT2D eigenvalue weighted by atomic mass is 32.1. The normalized spacial score (nSPS) is 11.9. The summed E-state index contributed by atoms with van der Waals surface area (Å²) >= 11 is 1.25. The third kappa shape index (κ3) is 4.58. The van der Waals surface area contributed by atoms with Gasteiger partial charge >= 0.3 is 0 Å². The Labute approximate surface area is 182 Å². The smallest absolute Gasteiger partial charge is 0.271 e. The molecule has 4 rings (SSSR count). The summed E-state index contributed by atoms with van der Waals surface area (Å²) in [6.45, 7) is 2.35. The Hall–Kier alpha value is -3.66. The molecule has 0 aliphatic rings. The van der Waals surface area contributed by atoms with Crippen LogP contribution >= 0.6 is 11.3 Å². The molecule has 2 amide bonds. The van der Waals surface area contributed by atoms with Crippen molar-refractivity contribution in [2.75, 3.05) is 6.54 Å². The number of hydrogen-bond acceptors (Lipinski definition) is 7. The molecule has 3 heterocycles. The fourth-order valence-electron chi connectivity index (χ4n) is 3.11. The van der Waals surface area contributed by atoms with E-state index >= 15 is 0 Å². The maximum absolute atomic E-state index is 12.7. The first kappa shape index (κ1) is 20.6. The number of amides is 2. The monoisotopic (exact) mass is 435 g/mol. The second-order valence-corrected chi connectivity index (χ2v) is 8.04. The van der Waals surface area contributed by atoms with Crippen molar-refractivity contribution < 1.29 is 9.59 Å². The first-order valence-electron chi connectivity index (χ1n) is 9.74. The molecule has 0 fully saturated rings. The number of fused-ring (bicyclic) bond motifs is 1. The zero-order valence-electron chi connectivity index (χ0n) is 17.1. The lowest BCUT2D eigenvalue weighted by Crippen LogP contribution is -2.27. The number of nitrogens with one attached hydrogen (secondary N) is 2. The third-order valence-electron chi connectivity index (χ3n) is 4.75. The maximum atomic E-state index is 12.7. The van der Waals surface area contributed by atoms with Gasteiger partial charge in [0, 0.05) is 13.6 Å². The summed E-state index contributed by atoms with van der Waals surface area (Å²) in [6, 6.07) is 9.58. The highest BCUT2D eigenvalue weighted by molar-refractivity contribution is 7.13. The maximum Gasteiger partial charge on any atom is 0.271 e. The molecule has 158 valence electrons. The average Bonchev–Trinajstić information content (AvgIpc) is 3.42. The number of nitrogens with zero attached hydrogens (tertiary/aromatic N) is 5. The van der Waals surface area contributed by atoms with E-state index in [0.29, 0.717) is 27.5 Å². The quantitative estimate of drug-likeness (QED) is 0.460. The van der Waals surface area contributed by atoms with Crippen LogP contribution in [0.15, 0.2) is 49.1 Å². The second-order valence-electron chi connectivity index (χ2n) is 6.98. The Morgan fingerprint density at radius 3 is 2.71 bits per heavy atom. The van der Waals surface area contributed by atoms with E-state index < -0.39 is 0 Å². The van der Waals surface area contributed by atoms with E-state index in [9.17, 15) is 9.59 Å². The Balaban J connectivity index is 1.36. The van der Waals surface area contributed by atoms with E-state index in [1.54, 1.807) is 17.9 Å². The minimum Gasteiger partial charge on any atom is -0.351 e. The molecule has 9 nitrogen and oxygen atoms in total. The van der Waals surface area contributed by atoms with Crippen molar-refractivity contribution in [2.45, 2.75) is 19.4 Å². The topological polar surface area (TPSA) is 115 Å². The average molecular weight is 436 g/mol. The van der Waals surface area contributed by atoms with Crippen LogP contribution in [0.25, 0.3) is 11.0 Å². The summed E-state index contributed by atoms with van der Waals surface area (Å²) in [4.78, 5) is 38.2. The lowest BCUT2D eigenvalue weighted by Gasteiger charge is -2.11. The molecule has 31 heavy (non-hydrogen) atoms. The predicted molar refractivity (Wildman–Crippen MR) is 117 cm³/mol. The number of aromatic nitrogens is 5. The molecular weight excluding hydrogens is 414 g/mol. The molecule has 0 aliphatic heterocycles. The standard InChI is InChI=1S/C21H21N7O2S/c1-13(27-20(30)17-15-10-26-28(2)18(15)25-12-24-17)21-23-11-16(31-21)19(29)22-9-8-14-6-4-3-5-7-14/h3-7,10-13H,8-9H2,1-2H3,(H,22,29)(H,27,30). The number of hydrogen-bond donors (Lipinski definition) is 2. The van der Waals surface area contributed by atoms with Crippen molar-refractivity contribution in [1.82, 2.24) is 35.4 Å². The van der Waals surface area contributed by atoms with Gasteiger partial charge in [-0.1, -0.05) is 30.3 Å². The first-order valence-corrected chi connectivity index (χ1v) is 10.6. The summed E-state index contributed by atoms with van der Waals surface area (Å²) < 4.78 is 1.58. The van der Waals surface area contributed by atoms with E-state index in [4.69, 9.17) is 0 Å². The molecular formula is C21H21N7O2S. The van der Waals surface area contributed by atoms with Crippen molar-refractivity contribution in [1.29, 1.82) is 0 Å². The molecule has 0 saturated carbocycles. The predicted octanol–water partition coefficient (Wildman–Crippen LogP) is 2.28. The number of rotatable bonds is 7. The third-order valence-corrected chi connectivity index (χ3v) is 5.93. The van der Waals surface area contributed by atoms with Gasteiger partial charge in [0.15, 0.2) is 5.65 Å². The molecule has 3 aromatic heterocycles. The van der Waals surface area contributed by atoms with Crippen LogP contribution in [0, 0.1) is 0 Å². The van der Waals surface area contributed by atoms with Crippen molar-refractivity contribution in [3.63, 3.8) is 0 Å². The molecule has 0 spiro atoms. The van der Waals surface area contributed by atoms with Gasteiger partial charge in [0.25, 0.3) is 11.8 Å². The lowest BCUT2D eigenvalue weighted by molar-refractivity contribution is 0.0933. The summed E-state index contributed by atoms with van der Waals surface area (Å²) in [5, 5.41) is 11.1. The summed E-state index contributed by atoms with van der Waals surface area (Å²) in [5.74, 6) is -0.525. The van der Waals surface area contributed by atoms with E-state index in [-0.39, 0.29) is 23.6 Å². The van der Waals surface area contributed by atoms with Gasteiger partial charge in [-0.05, 0) is 18.9 Å². The fourth-order valence-corrected chi connectivity index (χ4v) is 3.95. The van der Waals surface area contributed by atoms with Gasteiger partial charge in [0.2, 0.25) is 0 Å². The Morgan fingerprint density at radius 1 is 1.10 bits per heavy atom. The first-order chi connectivity index (χ1) is 15.0. The van der Waals surface area contributed by atoms with Gasteiger partial charge in [0.1, 0.15) is 21.9 Å². The van der Waals surface area contributed by atoms with Crippen LogP contribution in [0.3, 0.4) is 0 Å². The zero-order valence-corrected chi connectivity index (χ0v) is 17.9. The lowest BCUT2D eigenvalue weighted by atomic mass is 10.1. The van der Waals surface area contributed by atoms with Crippen LogP contribution in [-0.2, 0) is 13.5 Å². The van der Waals surface area contributed by atoms with Gasteiger partial charge in [-0.15, -0.1) is 11.3 Å². The second kappa shape index (κ2) is 9.00. The molecule has 1 atom stereocenters. The number of benzene rings is 1. The molecule has 1 unspecified atom stereocenters. The van der Waals surface area contributed by atoms with Gasteiger partial charge in [-0.25, -0.2) is 15.0 Å². The van der Waals surface area contributed by atoms with Crippen molar-refractivity contribution in [2.24, 2.45) is 7.05 Å². The van der Waals surface area contributed by atoms with Crippen LogP contribution in [0.2, 0.25) is 0 Å². The summed E-state index contributed by atoms with van der Waals surface area (Å²) in [7, 11) is 1.75. The highest BCUT2D eigenvalue weighted by Crippen LogP contribution is 2.21. The van der Waals surface area contributed by atoms with Gasteiger partial charge in [-0.2, -0.15) is 5.10 Å². The molecule has 0 aliphatic carbocycles. The zero-order chi connectivity index (χ0) is 21.8. The number of carbonyl (C=O) groups is 2. The van der Waals surface area contributed by atoms with E-state index in [1.807, 2.05) is 37.3 Å². The van der Waals surface area contributed by atoms with Crippen LogP contribution in [0.4, 0.5) is 0 Å². The summed E-state index contributed by atoms with van der Waals surface area (Å²) in [5.41, 5.74) is 1.99. The summed E-state index contributed by atoms with van der Waals surface area (Å²) in [6.07, 6.45) is 5.19. The van der Waals surface area contributed by atoms with Gasteiger partial charge in [0.05, 0.1) is 23.8 Å². The number of thiazole rings is 1. The van der Waals surface area contributed by atoms with Crippen LogP contribution in [0.1, 0.15) is 43.7 Å². The minimum atomic E-state index is -0.384. The van der Waals surface area contributed by atoms with E-state index in [0.717, 1.165) is 12.0 Å². The van der Waals surface area contributed by atoms with E-state index in [2.05, 4.69) is 30.7 Å². The Bertz CT molecular complexity index is 1220. The van der Waals surface area contributed by atoms with Gasteiger partial charge < -0.3 is 10.6 Å². The Kier molecular flexibility index (Phi) is 5.99. The largest absolute Gasteiger partial charge is 0.351 e. The fraction of sp³-hybridized carbons (Fsp3) is 0.238. The van der Waals surface area contributed by atoms with E-state index in [1.165, 1.54) is 23.9 Å². The molecule has 4 aromatic rings. The minimum absolute atomic E-state index is 0.175. The molecule has 0 radical (unpaired) electrons. The van der Waals surface area contributed by atoms with Crippen LogP contribution in [0.5, 0.6) is 0 Å². The van der Waals surface area contributed by atoms with Crippen molar-refractivity contribution >= 4 is 34.2 Å². The van der Waals surface area contributed by atoms with Crippen molar-refractivity contribution in [3.05, 3.63) is 70.2 Å². The SMILES string of the molecule is CC(NC(=O)c1ncnc2c1cnn2C)c1ncc(C(=O)NCCc2ccccc2)s1. The molecule has 2 N–H and O–H groups in total. The molecule has 0 saturated heterocycles. The molecule has 10 heteroatoms. The molecule has 0 bridgehead atoms. The number of carbonyl (C=O) groups excluding carboxylic acids is 2. The van der Waals surface area contributed by atoms with Gasteiger partial charge in [-0.3, -0.25) is 14.3 Å². The Morgan fingerprint density at radius 2 is 1.90 bits per heavy atom. The van der Waals surface area contributed by atoms with Crippen molar-refractivity contribution in [3.8, 4) is 0 Å². The van der Waals surface area contributed by atoms with Crippen LogP contribution < -0.4 is 10.6 Å².